The Morgan fingerprint density at radius 3 is 2.61 bits per heavy atom. The minimum absolute atomic E-state index is 0.143. The highest BCUT2D eigenvalue weighted by molar-refractivity contribution is 5.94. The van der Waals surface area contributed by atoms with Gasteiger partial charge >= 0.3 is 0 Å². The zero-order valence-electron chi connectivity index (χ0n) is 16.1. The molecule has 0 bridgehead atoms. The normalized spacial score (nSPS) is 19.0. The number of para-hydroxylation sites is 1. The van der Waals surface area contributed by atoms with Crippen molar-refractivity contribution in [3.8, 4) is 11.5 Å². The number of nitrogens with one attached hydrogen (secondary N) is 2. The third-order valence-electron chi connectivity index (χ3n) is 5.40. The van der Waals surface area contributed by atoms with Crippen LogP contribution in [0.3, 0.4) is 0 Å². The SMILES string of the molecule is COc1cccc([C@H]2CC(=O)Nc3nc(N4CCCCC4)[nH]c(=O)c32)c1OC. The fourth-order valence-electron chi connectivity index (χ4n) is 4.07. The van der Waals surface area contributed by atoms with E-state index in [1.165, 1.54) is 6.42 Å². The van der Waals surface area contributed by atoms with Gasteiger partial charge in [0.1, 0.15) is 5.82 Å². The van der Waals surface area contributed by atoms with Crippen molar-refractivity contribution in [1.82, 2.24) is 9.97 Å². The lowest BCUT2D eigenvalue weighted by molar-refractivity contribution is -0.116. The van der Waals surface area contributed by atoms with Crippen LogP contribution < -0.4 is 25.2 Å². The van der Waals surface area contributed by atoms with Gasteiger partial charge in [-0.15, -0.1) is 0 Å². The van der Waals surface area contributed by atoms with Crippen LogP contribution in [0.1, 0.15) is 42.7 Å². The maximum Gasteiger partial charge on any atom is 0.258 e. The Labute approximate surface area is 162 Å². The molecule has 2 aliphatic rings. The summed E-state index contributed by atoms with van der Waals surface area (Å²) in [6, 6.07) is 5.47. The minimum Gasteiger partial charge on any atom is -0.493 e. The van der Waals surface area contributed by atoms with E-state index in [1.807, 2.05) is 12.1 Å². The Morgan fingerprint density at radius 1 is 1.11 bits per heavy atom. The molecule has 0 radical (unpaired) electrons. The third kappa shape index (κ3) is 3.19. The van der Waals surface area contributed by atoms with E-state index in [2.05, 4.69) is 20.2 Å². The van der Waals surface area contributed by atoms with Crippen molar-refractivity contribution < 1.29 is 14.3 Å². The first kappa shape index (κ1) is 18.3. The number of aromatic amines is 1. The van der Waals surface area contributed by atoms with Crippen molar-refractivity contribution >= 4 is 17.7 Å². The van der Waals surface area contributed by atoms with E-state index in [-0.39, 0.29) is 17.9 Å². The Morgan fingerprint density at radius 2 is 1.89 bits per heavy atom. The molecule has 0 saturated carbocycles. The number of methoxy groups -OCH3 is 2. The van der Waals surface area contributed by atoms with Crippen LogP contribution in [0.25, 0.3) is 0 Å². The zero-order valence-corrected chi connectivity index (χ0v) is 16.1. The van der Waals surface area contributed by atoms with Crippen molar-refractivity contribution in [2.45, 2.75) is 31.6 Å². The molecule has 8 heteroatoms. The molecule has 2 aliphatic heterocycles. The van der Waals surface area contributed by atoms with Crippen LogP contribution in [-0.2, 0) is 4.79 Å². The summed E-state index contributed by atoms with van der Waals surface area (Å²) in [6.45, 7) is 1.70. The van der Waals surface area contributed by atoms with Crippen LogP contribution in [0.15, 0.2) is 23.0 Å². The maximum absolute atomic E-state index is 13.0. The van der Waals surface area contributed by atoms with Gasteiger partial charge in [0.2, 0.25) is 11.9 Å². The molecule has 8 nitrogen and oxygen atoms in total. The number of fused-ring (bicyclic) bond motifs is 1. The van der Waals surface area contributed by atoms with E-state index in [0.717, 1.165) is 31.5 Å². The number of nitrogens with zero attached hydrogens (tertiary/aromatic N) is 2. The van der Waals surface area contributed by atoms with Crippen LogP contribution in [0.4, 0.5) is 11.8 Å². The molecule has 0 spiro atoms. The highest BCUT2D eigenvalue weighted by atomic mass is 16.5. The summed E-state index contributed by atoms with van der Waals surface area (Å²) < 4.78 is 10.9. The molecule has 1 saturated heterocycles. The topological polar surface area (TPSA) is 96.5 Å². The number of anilines is 2. The van der Waals surface area contributed by atoms with Crippen LogP contribution in [0.2, 0.25) is 0 Å². The predicted molar refractivity (Wildman–Crippen MR) is 106 cm³/mol. The number of benzene rings is 1. The molecule has 148 valence electrons. The van der Waals surface area contributed by atoms with Gasteiger partial charge in [0.15, 0.2) is 11.5 Å². The number of amides is 1. The Balaban J connectivity index is 1.82. The van der Waals surface area contributed by atoms with E-state index in [0.29, 0.717) is 28.8 Å². The zero-order chi connectivity index (χ0) is 19.7. The van der Waals surface area contributed by atoms with Crippen molar-refractivity contribution in [1.29, 1.82) is 0 Å². The Bertz CT molecular complexity index is 950. The molecule has 1 atom stereocenters. The number of carbonyl (C=O) groups excluding carboxylic acids is 1. The highest BCUT2D eigenvalue weighted by Gasteiger charge is 2.34. The highest BCUT2D eigenvalue weighted by Crippen LogP contribution is 2.42. The van der Waals surface area contributed by atoms with Crippen molar-refractivity contribution in [3.63, 3.8) is 0 Å². The van der Waals surface area contributed by atoms with Gasteiger partial charge in [0, 0.05) is 31.0 Å². The van der Waals surface area contributed by atoms with E-state index in [1.54, 1.807) is 20.3 Å². The molecular weight excluding hydrogens is 360 g/mol. The monoisotopic (exact) mass is 384 g/mol. The lowest BCUT2D eigenvalue weighted by Crippen LogP contribution is -2.36. The Hall–Kier alpha value is -3.03. The summed E-state index contributed by atoms with van der Waals surface area (Å²) in [6.07, 6.45) is 3.46. The number of ether oxygens (including phenoxy) is 2. The van der Waals surface area contributed by atoms with Gasteiger partial charge in [-0.2, -0.15) is 4.98 Å². The van der Waals surface area contributed by atoms with Crippen LogP contribution in [0, 0.1) is 0 Å². The fourth-order valence-corrected chi connectivity index (χ4v) is 4.07. The van der Waals surface area contributed by atoms with Gasteiger partial charge in [-0.3, -0.25) is 14.6 Å². The van der Waals surface area contributed by atoms with Gasteiger partial charge in [-0.05, 0) is 25.3 Å². The summed E-state index contributed by atoms with van der Waals surface area (Å²) in [5.74, 6) is 1.29. The molecule has 1 fully saturated rings. The number of piperidine rings is 1. The van der Waals surface area contributed by atoms with Crippen LogP contribution >= 0.6 is 0 Å². The third-order valence-corrected chi connectivity index (χ3v) is 5.40. The minimum atomic E-state index is -0.458. The second kappa shape index (κ2) is 7.53. The van der Waals surface area contributed by atoms with Gasteiger partial charge in [0.05, 0.1) is 19.8 Å². The lowest BCUT2D eigenvalue weighted by Gasteiger charge is -2.30. The van der Waals surface area contributed by atoms with Gasteiger partial charge in [0.25, 0.3) is 5.56 Å². The van der Waals surface area contributed by atoms with Crippen molar-refractivity contribution in [3.05, 3.63) is 39.7 Å². The van der Waals surface area contributed by atoms with E-state index in [9.17, 15) is 9.59 Å². The molecule has 2 aromatic rings. The molecule has 0 unspecified atom stereocenters. The number of aromatic nitrogens is 2. The van der Waals surface area contributed by atoms with Crippen molar-refractivity contribution in [2.75, 3.05) is 37.5 Å². The lowest BCUT2D eigenvalue weighted by atomic mass is 9.86. The molecule has 1 aromatic heterocycles. The molecular formula is C20H24N4O4. The second-order valence-electron chi connectivity index (χ2n) is 7.09. The molecule has 2 N–H and O–H groups in total. The number of rotatable bonds is 4. The summed E-state index contributed by atoms with van der Waals surface area (Å²) >= 11 is 0. The van der Waals surface area contributed by atoms with E-state index in [4.69, 9.17) is 9.47 Å². The summed E-state index contributed by atoms with van der Waals surface area (Å²) in [5, 5.41) is 2.78. The maximum atomic E-state index is 13.0. The average Bonchev–Trinajstić information content (AvgIpc) is 2.72. The number of carbonyl (C=O) groups is 1. The number of hydrogen-bond donors (Lipinski definition) is 2. The quantitative estimate of drug-likeness (QED) is 0.839. The van der Waals surface area contributed by atoms with E-state index >= 15 is 0 Å². The molecule has 1 amide bonds. The van der Waals surface area contributed by atoms with Crippen LogP contribution in [0.5, 0.6) is 11.5 Å². The molecule has 0 aliphatic carbocycles. The first-order valence-electron chi connectivity index (χ1n) is 9.52. The van der Waals surface area contributed by atoms with Crippen molar-refractivity contribution in [2.24, 2.45) is 0 Å². The standard InChI is InChI=1S/C20H24N4O4/c1-27-14-8-6-7-12(17(14)28-2)13-11-15(25)21-18-16(13)19(26)23-20(22-18)24-9-4-3-5-10-24/h6-8,13H,3-5,9-11H2,1-2H3,(H2,21,22,23,25,26)/t13-/m1/s1. The summed E-state index contributed by atoms with van der Waals surface area (Å²) in [5.41, 5.74) is 0.948. The first-order chi connectivity index (χ1) is 13.6. The molecule has 3 heterocycles. The Kier molecular flexibility index (Phi) is 4.93. The van der Waals surface area contributed by atoms with Crippen LogP contribution in [-0.4, -0.2) is 43.2 Å². The number of H-pyrrole nitrogens is 1. The molecule has 1 aromatic carbocycles. The van der Waals surface area contributed by atoms with Gasteiger partial charge in [-0.1, -0.05) is 12.1 Å². The summed E-state index contributed by atoms with van der Waals surface area (Å²) in [4.78, 5) is 35.0. The molecule has 4 rings (SSSR count). The fraction of sp³-hybridized carbons (Fsp3) is 0.450. The van der Waals surface area contributed by atoms with Gasteiger partial charge < -0.3 is 19.7 Å². The summed E-state index contributed by atoms with van der Waals surface area (Å²) in [7, 11) is 3.11. The number of hydrogen-bond acceptors (Lipinski definition) is 6. The smallest absolute Gasteiger partial charge is 0.258 e. The molecule has 28 heavy (non-hydrogen) atoms. The van der Waals surface area contributed by atoms with E-state index < -0.39 is 5.92 Å². The first-order valence-corrected chi connectivity index (χ1v) is 9.52. The predicted octanol–water partition coefficient (Wildman–Crippen LogP) is 2.25. The second-order valence-corrected chi connectivity index (χ2v) is 7.09. The average molecular weight is 384 g/mol. The largest absolute Gasteiger partial charge is 0.493 e. The van der Waals surface area contributed by atoms with Gasteiger partial charge in [-0.25, -0.2) is 0 Å².